The van der Waals surface area contributed by atoms with Crippen molar-refractivity contribution in [3.8, 4) is 0 Å². The van der Waals surface area contributed by atoms with Gasteiger partial charge in [-0.25, -0.2) is 0 Å². The summed E-state index contributed by atoms with van der Waals surface area (Å²) in [6.45, 7) is 6.78. The largest absolute Gasteiger partial charge is 0.329 e. The number of carbonyl (C=O) groups excluding carboxylic acids is 1. The van der Waals surface area contributed by atoms with Crippen LogP contribution in [0.4, 0.5) is 5.69 Å². The maximum Gasteiger partial charge on any atom is 0.231 e. The molecule has 0 spiro atoms. The van der Waals surface area contributed by atoms with Crippen LogP contribution >= 0.6 is 0 Å². The molecule has 0 atom stereocenters. The number of nitrogens with one attached hydrogen (secondary N) is 1. The van der Waals surface area contributed by atoms with Crippen LogP contribution in [0.1, 0.15) is 58.4 Å². The Bertz CT molecular complexity index is 437. The Morgan fingerprint density at radius 1 is 1.10 bits per heavy atom. The van der Waals surface area contributed by atoms with Crippen molar-refractivity contribution in [2.24, 2.45) is 11.1 Å². The number of nitrogens with two attached hydrogens (primary N) is 1. The summed E-state index contributed by atoms with van der Waals surface area (Å²) in [5, 5.41) is 3.14. The van der Waals surface area contributed by atoms with E-state index >= 15 is 0 Å². The van der Waals surface area contributed by atoms with Crippen molar-refractivity contribution in [1.29, 1.82) is 0 Å². The van der Waals surface area contributed by atoms with Crippen LogP contribution in [0.2, 0.25) is 0 Å². The van der Waals surface area contributed by atoms with Gasteiger partial charge >= 0.3 is 0 Å². The lowest BCUT2D eigenvalue weighted by molar-refractivity contribution is -0.126. The standard InChI is InChI=1S/C18H30N2O/c1-4-9-15-10-7-8-11-16(15)20-17(21)18(14-19,12-5-2)13-6-3/h7-8,10-11H,4-6,9,12-14,19H2,1-3H3,(H,20,21). The highest BCUT2D eigenvalue weighted by Crippen LogP contribution is 2.31. The van der Waals surface area contributed by atoms with Crippen molar-refractivity contribution in [2.45, 2.75) is 59.3 Å². The number of hydrogen-bond donors (Lipinski definition) is 2. The third-order valence-corrected chi connectivity index (χ3v) is 4.11. The topological polar surface area (TPSA) is 55.1 Å². The number of hydrogen-bond acceptors (Lipinski definition) is 2. The number of anilines is 1. The summed E-state index contributed by atoms with van der Waals surface area (Å²) in [6.07, 6.45) is 5.69. The molecule has 3 N–H and O–H groups in total. The quantitative estimate of drug-likeness (QED) is 0.718. The molecule has 0 fully saturated rings. The zero-order valence-electron chi connectivity index (χ0n) is 13.7. The van der Waals surface area contributed by atoms with Crippen molar-refractivity contribution < 1.29 is 4.79 Å². The zero-order valence-corrected chi connectivity index (χ0v) is 13.7. The fraction of sp³-hybridized carbons (Fsp3) is 0.611. The summed E-state index contributed by atoms with van der Waals surface area (Å²) >= 11 is 0. The Balaban J connectivity index is 2.96. The predicted octanol–water partition coefficient (Wildman–Crippen LogP) is 4.12. The van der Waals surface area contributed by atoms with E-state index in [1.54, 1.807) is 0 Å². The molecule has 1 aromatic carbocycles. The summed E-state index contributed by atoms with van der Waals surface area (Å²) in [4.78, 5) is 12.8. The molecule has 0 saturated carbocycles. The molecule has 0 aliphatic rings. The average Bonchev–Trinajstić information content (AvgIpc) is 2.49. The predicted molar refractivity (Wildman–Crippen MR) is 90.4 cm³/mol. The van der Waals surface area contributed by atoms with E-state index in [0.29, 0.717) is 6.54 Å². The fourth-order valence-corrected chi connectivity index (χ4v) is 2.99. The van der Waals surface area contributed by atoms with Crippen molar-refractivity contribution >= 4 is 11.6 Å². The third kappa shape index (κ3) is 4.57. The molecule has 1 aromatic rings. The van der Waals surface area contributed by atoms with Gasteiger partial charge in [0.15, 0.2) is 0 Å². The molecular formula is C18H30N2O. The van der Waals surface area contributed by atoms with Gasteiger partial charge in [-0.2, -0.15) is 0 Å². The third-order valence-electron chi connectivity index (χ3n) is 4.11. The van der Waals surface area contributed by atoms with Crippen molar-refractivity contribution in [3.05, 3.63) is 29.8 Å². The minimum atomic E-state index is -0.428. The van der Waals surface area contributed by atoms with Crippen LogP contribution in [0.15, 0.2) is 24.3 Å². The summed E-state index contributed by atoms with van der Waals surface area (Å²) in [5.74, 6) is 0.0808. The van der Waals surface area contributed by atoms with Crippen LogP contribution < -0.4 is 11.1 Å². The first-order valence-electron chi connectivity index (χ1n) is 8.23. The SMILES string of the molecule is CCCc1ccccc1NC(=O)C(CN)(CCC)CCC. The lowest BCUT2D eigenvalue weighted by Gasteiger charge is -2.31. The van der Waals surface area contributed by atoms with Gasteiger partial charge in [0.1, 0.15) is 0 Å². The lowest BCUT2D eigenvalue weighted by Crippen LogP contribution is -2.42. The highest BCUT2D eigenvalue weighted by Gasteiger charge is 2.35. The average molecular weight is 290 g/mol. The molecule has 3 nitrogen and oxygen atoms in total. The maximum absolute atomic E-state index is 12.8. The highest BCUT2D eigenvalue weighted by atomic mass is 16.2. The Morgan fingerprint density at radius 2 is 1.71 bits per heavy atom. The first-order valence-corrected chi connectivity index (χ1v) is 8.23. The van der Waals surface area contributed by atoms with Gasteiger partial charge in [-0.15, -0.1) is 0 Å². The van der Waals surface area contributed by atoms with E-state index in [-0.39, 0.29) is 5.91 Å². The van der Waals surface area contributed by atoms with E-state index in [1.807, 2.05) is 18.2 Å². The molecule has 3 heteroatoms. The Morgan fingerprint density at radius 3 is 2.24 bits per heavy atom. The van der Waals surface area contributed by atoms with Crippen molar-refractivity contribution in [3.63, 3.8) is 0 Å². The van der Waals surface area contributed by atoms with Gasteiger partial charge in [0, 0.05) is 12.2 Å². The fourth-order valence-electron chi connectivity index (χ4n) is 2.99. The van der Waals surface area contributed by atoms with Crippen LogP contribution in [-0.4, -0.2) is 12.5 Å². The van der Waals surface area contributed by atoms with Crippen LogP contribution in [0.5, 0.6) is 0 Å². The summed E-state index contributed by atoms with van der Waals surface area (Å²) < 4.78 is 0. The molecule has 1 rings (SSSR count). The van der Waals surface area contributed by atoms with E-state index in [2.05, 4.69) is 32.2 Å². The van der Waals surface area contributed by atoms with Crippen LogP contribution in [0, 0.1) is 5.41 Å². The van der Waals surface area contributed by atoms with Gasteiger partial charge in [0.05, 0.1) is 5.41 Å². The molecule has 21 heavy (non-hydrogen) atoms. The van der Waals surface area contributed by atoms with Gasteiger partial charge in [-0.3, -0.25) is 4.79 Å². The highest BCUT2D eigenvalue weighted by molar-refractivity contribution is 5.96. The number of rotatable bonds is 9. The normalized spacial score (nSPS) is 11.4. The van der Waals surface area contributed by atoms with Crippen molar-refractivity contribution in [2.75, 3.05) is 11.9 Å². The maximum atomic E-state index is 12.8. The van der Waals surface area contributed by atoms with Crippen LogP contribution in [0.25, 0.3) is 0 Å². The molecule has 0 radical (unpaired) electrons. The van der Waals surface area contributed by atoms with Crippen LogP contribution in [0.3, 0.4) is 0 Å². The lowest BCUT2D eigenvalue weighted by atomic mass is 9.78. The number of carbonyl (C=O) groups is 1. The molecular weight excluding hydrogens is 260 g/mol. The summed E-state index contributed by atoms with van der Waals surface area (Å²) in [6, 6.07) is 8.07. The molecule has 0 aliphatic carbocycles. The first-order chi connectivity index (χ1) is 10.1. The molecule has 0 aromatic heterocycles. The minimum Gasteiger partial charge on any atom is -0.329 e. The van der Waals surface area contributed by atoms with Crippen LogP contribution in [-0.2, 0) is 11.2 Å². The number of benzene rings is 1. The van der Waals surface area contributed by atoms with Gasteiger partial charge in [-0.05, 0) is 30.9 Å². The molecule has 1 amide bonds. The second-order valence-corrected chi connectivity index (χ2v) is 5.85. The summed E-state index contributed by atoms with van der Waals surface area (Å²) in [7, 11) is 0. The second kappa shape index (κ2) is 8.83. The Labute approximate surface area is 129 Å². The van der Waals surface area contributed by atoms with E-state index < -0.39 is 5.41 Å². The zero-order chi connectivity index (χ0) is 15.7. The van der Waals surface area contributed by atoms with E-state index in [1.165, 1.54) is 5.56 Å². The second-order valence-electron chi connectivity index (χ2n) is 5.85. The molecule has 0 heterocycles. The van der Waals surface area contributed by atoms with Gasteiger partial charge in [-0.1, -0.05) is 58.2 Å². The molecule has 0 saturated heterocycles. The molecule has 0 aliphatic heterocycles. The molecule has 0 bridgehead atoms. The number of para-hydroxylation sites is 1. The monoisotopic (exact) mass is 290 g/mol. The van der Waals surface area contributed by atoms with Crippen molar-refractivity contribution in [1.82, 2.24) is 0 Å². The minimum absolute atomic E-state index is 0.0808. The van der Waals surface area contributed by atoms with Gasteiger partial charge in [0.2, 0.25) is 5.91 Å². The van der Waals surface area contributed by atoms with Gasteiger partial charge < -0.3 is 11.1 Å². The molecule has 118 valence electrons. The Hall–Kier alpha value is -1.35. The van der Waals surface area contributed by atoms with E-state index in [4.69, 9.17) is 5.73 Å². The molecule has 0 unspecified atom stereocenters. The van der Waals surface area contributed by atoms with E-state index in [0.717, 1.165) is 44.2 Å². The van der Waals surface area contributed by atoms with Gasteiger partial charge in [0.25, 0.3) is 0 Å². The number of aryl methyl sites for hydroxylation is 1. The summed E-state index contributed by atoms with van der Waals surface area (Å²) in [5.41, 5.74) is 7.68. The number of amides is 1. The smallest absolute Gasteiger partial charge is 0.231 e. The first kappa shape index (κ1) is 17.7. The Kier molecular flexibility index (Phi) is 7.44. The van der Waals surface area contributed by atoms with E-state index in [9.17, 15) is 4.79 Å².